The first kappa shape index (κ1) is 22.8. The number of benzene rings is 1. The zero-order chi connectivity index (χ0) is 22.4. The molecule has 0 spiro atoms. The van der Waals surface area contributed by atoms with E-state index >= 15 is 0 Å². The summed E-state index contributed by atoms with van der Waals surface area (Å²) in [7, 11) is 0. The van der Waals surface area contributed by atoms with Crippen molar-refractivity contribution in [3.63, 3.8) is 0 Å². The SMILES string of the molecule is CCCNC(=O)CSc1nnc2n(CCC(=O)N[C@@H](C)CC)c(=O)c3ccccc3n12. The van der Waals surface area contributed by atoms with Crippen LogP contribution in [0.1, 0.15) is 40.0 Å². The van der Waals surface area contributed by atoms with Crippen LogP contribution in [-0.2, 0) is 16.1 Å². The highest BCUT2D eigenvalue weighted by Crippen LogP contribution is 2.21. The first-order chi connectivity index (χ1) is 15.0. The van der Waals surface area contributed by atoms with Gasteiger partial charge in [0.15, 0.2) is 5.16 Å². The van der Waals surface area contributed by atoms with E-state index in [-0.39, 0.29) is 42.1 Å². The number of fused-ring (bicyclic) bond motifs is 3. The van der Waals surface area contributed by atoms with E-state index < -0.39 is 0 Å². The van der Waals surface area contributed by atoms with Gasteiger partial charge < -0.3 is 10.6 Å². The van der Waals surface area contributed by atoms with Crippen LogP contribution in [-0.4, -0.2) is 49.3 Å². The second-order valence-electron chi connectivity index (χ2n) is 7.36. The Bertz CT molecular complexity index is 1140. The Morgan fingerprint density at radius 3 is 2.68 bits per heavy atom. The molecule has 2 amide bonds. The minimum absolute atomic E-state index is 0.0794. The molecule has 0 fully saturated rings. The fourth-order valence-electron chi connectivity index (χ4n) is 3.14. The van der Waals surface area contributed by atoms with E-state index in [2.05, 4.69) is 20.8 Å². The van der Waals surface area contributed by atoms with E-state index in [0.29, 0.717) is 28.4 Å². The fraction of sp³-hybridized carbons (Fsp3) is 0.476. The number of nitrogens with one attached hydrogen (secondary N) is 2. The topological polar surface area (TPSA) is 110 Å². The standard InChI is InChI=1S/C21H28N6O3S/c1-4-11-22-18(29)13-31-21-25-24-20-26(12-10-17(28)23-14(3)5-2)19(30)15-8-6-7-9-16(15)27(20)21/h6-9,14H,4-5,10-13H2,1-3H3,(H,22,29)(H,23,28)/t14-/m0/s1. The Morgan fingerprint density at radius 2 is 1.94 bits per heavy atom. The van der Waals surface area contributed by atoms with E-state index in [1.54, 1.807) is 16.5 Å². The molecule has 0 bridgehead atoms. The van der Waals surface area contributed by atoms with E-state index in [1.807, 2.05) is 32.9 Å². The number of nitrogens with zero attached hydrogens (tertiary/aromatic N) is 4. The van der Waals surface area contributed by atoms with Crippen LogP contribution in [0, 0.1) is 0 Å². The first-order valence-corrected chi connectivity index (χ1v) is 11.5. The maximum Gasteiger partial charge on any atom is 0.262 e. The van der Waals surface area contributed by atoms with Crippen molar-refractivity contribution in [3.8, 4) is 0 Å². The molecule has 1 atom stereocenters. The molecule has 2 aromatic heterocycles. The van der Waals surface area contributed by atoms with Crippen molar-refractivity contribution in [1.29, 1.82) is 0 Å². The van der Waals surface area contributed by atoms with Gasteiger partial charge in [-0.25, -0.2) is 0 Å². The number of aromatic nitrogens is 4. The van der Waals surface area contributed by atoms with Gasteiger partial charge in [-0.2, -0.15) is 0 Å². The van der Waals surface area contributed by atoms with Crippen molar-refractivity contribution in [1.82, 2.24) is 29.8 Å². The van der Waals surface area contributed by atoms with Gasteiger partial charge in [0, 0.05) is 25.6 Å². The zero-order valence-electron chi connectivity index (χ0n) is 18.1. The quantitative estimate of drug-likeness (QED) is 0.463. The number of carbonyl (C=O) groups is 2. The minimum atomic E-state index is -0.218. The van der Waals surface area contributed by atoms with Gasteiger partial charge in [-0.3, -0.25) is 23.4 Å². The Morgan fingerprint density at radius 1 is 1.16 bits per heavy atom. The molecule has 2 heterocycles. The second-order valence-corrected chi connectivity index (χ2v) is 8.30. The van der Waals surface area contributed by atoms with Crippen LogP contribution in [0.15, 0.2) is 34.2 Å². The molecule has 0 radical (unpaired) electrons. The summed E-state index contributed by atoms with van der Waals surface area (Å²) < 4.78 is 3.26. The van der Waals surface area contributed by atoms with E-state index in [1.165, 1.54) is 16.3 Å². The third-order valence-corrected chi connectivity index (χ3v) is 5.89. The molecule has 3 aromatic rings. The molecule has 0 aliphatic rings. The van der Waals surface area contributed by atoms with Gasteiger partial charge in [0.05, 0.1) is 16.7 Å². The number of hydrogen-bond donors (Lipinski definition) is 2. The van der Waals surface area contributed by atoms with Crippen molar-refractivity contribution in [2.75, 3.05) is 12.3 Å². The highest BCUT2D eigenvalue weighted by atomic mass is 32.2. The van der Waals surface area contributed by atoms with Crippen molar-refractivity contribution >= 4 is 40.3 Å². The van der Waals surface area contributed by atoms with Crippen LogP contribution < -0.4 is 16.2 Å². The van der Waals surface area contributed by atoms with Gasteiger partial charge in [0.2, 0.25) is 17.6 Å². The lowest BCUT2D eigenvalue weighted by Gasteiger charge is -2.13. The minimum Gasteiger partial charge on any atom is -0.355 e. The van der Waals surface area contributed by atoms with Crippen LogP contribution in [0.3, 0.4) is 0 Å². The number of carbonyl (C=O) groups excluding carboxylic acids is 2. The van der Waals surface area contributed by atoms with Gasteiger partial charge in [-0.15, -0.1) is 10.2 Å². The summed E-state index contributed by atoms with van der Waals surface area (Å²) in [5.41, 5.74) is 0.452. The molecule has 0 saturated carbocycles. The van der Waals surface area contributed by atoms with Crippen molar-refractivity contribution in [2.45, 2.75) is 57.8 Å². The number of thioether (sulfide) groups is 1. The molecule has 9 nitrogen and oxygen atoms in total. The number of hydrogen-bond acceptors (Lipinski definition) is 6. The molecular formula is C21H28N6O3S. The van der Waals surface area contributed by atoms with Crippen molar-refractivity contribution < 1.29 is 9.59 Å². The highest BCUT2D eigenvalue weighted by molar-refractivity contribution is 7.99. The lowest BCUT2D eigenvalue weighted by atomic mass is 10.2. The monoisotopic (exact) mass is 444 g/mol. The molecule has 166 valence electrons. The largest absolute Gasteiger partial charge is 0.355 e. The molecule has 0 aliphatic carbocycles. The Hall–Kier alpha value is -2.88. The van der Waals surface area contributed by atoms with Crippen LogP contribution >= 0.6 is 11.8 Å². The van der Waals surface area contributed by atoms with E-state index in [0.717, 1.165) is 12.8 Å². The van der Waals surface area contributed by atoms with Gasteiger partial charge in [0.25, 0.3) is 5.56 Å². The number of aryl methyl sites for hydroxylation is 1. The van der Waals surface area contributed by atoms with Gasteiger partial charge in [-0.05, 0) is 31.9 Å². The van der Waals surface area contributed by atoms with Crippen LogP contribution in [0.25, 0.3) is 16.7 Å². The average molecular weight is 445 g/mol. The third kappa shape index (κ3) is 5.25. The third-order valence-electron chi connectivity index (χ3n) is 4.96. The van der Waals surface area contributed by atoms with Crippen molar-refractivity contribution in [2.24, 2.45) is 0 Å². The lowest BCUT2D eigenvalue weighted by Crippen LogP contribution is -2.33. The average Bonchev–Trinajstić information content (AvgIpc) is 3.20. The predicted octanol–water partition coefficient (Wildman–Crippen LogP) is 1.97. The predicted molar refractivity (Wildman–Crippen MR) is 121 cm³/mol. The van der Waals surface area contributed by atoms with E-state index in [4.69, 9.17) is 0 Å². The van der Waals surface area contributed by atoms with Crippen LogP contribution in [0.2, 0.25) is 0 Å². The molecule has 0 aliphatic heterocycles. The van der Waals surface area contributed by atoms with E-state index in [9.17, 15) is 14.4 Å². The normalized spacial score (nSPS) is 12.2. The Labute approximate surface area is 184 Å². The molecule has 1 aromatic carbocycles. The molecule has 31 heavy (non-hydrogen) atoms. The summed E-state index contributed by atoms with van der Waals surface area (Å²) in [6, 6.07) is 7.29. The Kier molecular flexibility index (Phi) is 7.67. The molecule has 2 N–H and O–H groups in total. The second kappa shape index (κ2) is 10.4. The molecule has 0 unspecified atom stereocenters. The first-order valence-electron chi connectivity index (χ1n) is 10.5. The number of para-hydroxylation sites is 1. The number of amides is 2. The van der Waals surface area contributed by atoms with Crippen molar-refractivity contribution in [3.05, 3.63) is 34.6 Å². The molecule has 10 heteroatoms. The van der Waals surface area contributed by atoms with Gasteiger partial charge in [0.1, 0.15) is 0 Å². The smallest absolute Gasteiger partial charge is 0.262 e. The summed E-state index contributed by atoms with van der Waals surface area (Å²) in [5, 5.41) is 15.2. The molecule has 3 rings (SSSR count). The maximum atomic E-state index is 13.1. The highest BCUT2D eigenvalue weighted by Gasteiger charge is 2.18. The maximum absolute atomic E-state index is 13.1. The van der Waals surface area contributed by atoms with Crippen LogP contribution in [0.5, 0.6) is 0 Å². The summed E-state index contributed by atoms with van der Waals surface area (Å²) >= 11 is 1.26. The lowest BCUT2D eigenvalue weighted by molar-refractivity contribution is -0.122. The fourth-order valence-corrected chi connectivity index (χ4v) is 3.91. The van der Waals surface area contributed by atoms with Gasteiger partial charge >= 0.3 is 0 Å². The summed E-state index contributed by atoms with van der Waals surface area (Å²) in [5.74, 6) is 0.361. The van der Waals surface area contributed by atoms with Gasteiger partial charge in [-0.1, -0.05) is 37.7 Å². The zero-order valence-corrected chi connectivity index (χ0v) is 18.9. The number of rotatable bonds is 10. The summed E-state index contributed by atoms with van der Waals surface area (Å²) in [4.78, 5) is 37.4. The summed E-state index contributed by atoms with van der Waals surface area (Å²) in [6.45, 7) is 6.75. The Balaban J connectivity index is 1.94. The molecular weight excluding hydrogens is 416 g/mol. The van der Waals surface area contributed by atoms with Crippen LogP contribution in [0.4, 0.5) is 0 Å². The molecule has 0 saturated heterocycles. The summed E-state index contributed by atoms with van der Waals surface area (Å²) in [6.07, 6.45) is 1.86.